The van der Waals surface area contributed by atoms with E-state index in [0.717, 1.165) is 17.8 Å². The van der Waals surface area contributed by atoms with Gasteiger partial charge in [-0.15, -0.1) is 0 Å². The largest absolute Gasteiger partial charge is 0.370 e. The molecule has 0 amide bonds. The molecule has 2 rings (SSSR count). The van der Waals surface area contributed by atoms with Crippen LogP contribution in [0.25, 0.3) is 6.08 Å². The van der Waals surface area contributed by atoms with E-state index in [9.17, 15) is 10.1 Å². The van der Waals surface area contributed by atoms with E-state index >= 15 is 0 Å². The van der Waals surface area contributed by atoms with Crippen molar-refractivity contribution in [1.82, 2.24) is 0 Å². The molecule has 0 aliphatic carbocycles. The average molecular weight is 268 g/mol. The Bertz CT molecular complexity index is 603. The number of hydrogen-bond donors (Lipinski definition) is 0. The van der Waals surface area contributed by atoms with E-state index in [-0.39, 0.29) is 5.69 Å². The quantitative estimate of drug-likeness (QED) is 0.610. The topological polar surface area (TPSA) is 46.4 Å². The van der Waals surface area contributed by atoms with Crippen LogP contribution in [0.1, 0.15) is 11.1 Å². The van der Waals surface area contributed by atoms with Crippen molar-refractivity contribution in [3.8, 4) is 0 Å². The van der Waals surface area contributed by atoms with Crippen LogP contribution in [-0.2, 0) is 6.54 Å². The van der Waals surface area contributed by atoms with Gasteiger partial charge in [0.25, 0.3) is 5.69 Å². The summed E-state index contributed by atoms with van der Waals surface area (Å²) in [6.07, 6.45) is 1.81. The first-order valence-corrected chi connectivity index (χ1v) is 6.27. The molecule has 0 aliphatic heterocycles. The molecule has 0 saturated carbocycles. The SMILES string of the molecule is C=Cc1ccc(CN(C)c2ccc([N+](=O)[O-])cc2)cc1. The first-order chi connectivity index (χ1) is 9.60. The van der Waals surface area contributed by atoms with Crippen LogP contribution in [0.2, 0.25) is 0 Å². The van der Waals surface area contributed by atoms with E-state index in [1.807, 2.05) is 30.2 Å². The fraction of sp³-hybridized carbons (Fsp3) is 0.125. The third-order valence-corrected chi connectivity index (χ3v) is 3.14. The molecule has 0 atom stereocenters. The Kier molecular flexibility index (Phi) is 4.15. The second-order valence-electron chi connectivity index (χ2n) is 4.58. The predicted octanol–water partition coefficient (Wildman–Crippen LogP) is 3.87. The fourth-order valence-electron chi connectivity index (χ4n) is 1.95. The highest BCUT2D eigenvalue weighted by atomic mass is 16.6. The van der Waals surface area contributed by atoms with Gasteiger partial charge in [0.1, 0.15) is 0 Å². The van der Waals surface area contributed by atoms with E-state index in [2.05, 4.69) is 18.7 Å². The number of nitro benzene ring substituents is 1. The normalized spacial score (nSPS) is 10.1. The lowest BCUT2D eigenvalue weighted by Gasteiger charge is -2.19. The standard InChI is InChI=1S/C16H16N2O2/c1-3-13-4-6-14(7-5-13)12-17(2)15-8-10-16(11-9-15)18(19)20/h3-11H,1,12H2,2H3. The van der Waals surface area contributed by atoms with Gasteiger partial charge in [-0.3, -0.25) is 10.1 Å². The number of nitrogens with zero attached hydrogens (tertiary/aromatic N) is 2. The van der Waals surface area contributed by atoms with Gasteiger partial charge in [0.15, 0.2) is 0 Å². The molecule has 102 valence electrons. The van der Waals surface area contributed by atoms with Crippen molar-refractivity contribution in [3.05, 3.63) is 76.4 Å². The molecule has 0 fully saturated rings. The molecule has 20 heavy (non-hydrogen) atoms. The zero-order chi connectivity index (χ0) is 14.5. The van der Waals surface area contributed by atoms with Crippen LogP contribution in [0, 0.1) is 10.1 Å². The highest BCUT2D eigenvalue weighted by molar-refractivity contribution is 5.51. The van der Waals surface area contributed by atoms with Gasteiger partial charge in [-0.25, -0.2) is 0 Å². The third kappa shape index (κ3) is 3.23. The summed E-state index contributed by atoms with van der Waals surface area (Å²) < 4.78 is 0. The maximum atomic E-state index is 10.6. The summed E-state index contributed by atoms with van der Waals surface area (Å²) in [5.41, 5.74) is 3.32. The maximum absolute atomic E-state index is 10.6. The second-order valence-corrected chi connectivity index (χ2v) is 4.58. The molecule has 0 heterocycles. The Morgan fingerprint density at radius 1 is 1.15 bits per heavy atom. The highest BCUT2D eigenvalue weighted by Crippen LogP contribution is 2.20. The van der Waals surface area contributed by atoms with Crippen molar-refractivity contribution in [2.75, 3.05) is 11.9 Å². The zero-order valence-corrected chi connectivity index (χ0v) is 11.3. The van der Waals surface area contributed by atoms with Gasteiger partial charge in [0, 0.05) is 31.4 Å². The minimum absolute atomic E-state index is 0.109. The van der Waals surface area contributed by atoms with E-state index in [0.29, 0.717) is 0 Å². The lowest BCUT2D eigenvalue weighted by atomic mass is 10.1. The lowest BCUT2D eigenvalue weighted by molar-refractivity contribution is -0.384. The molecular weight excluding hydrogens is 252 g/mol. The van der Waals surface area contributed by atoms with E-state index in [1.165, 1.54) is 17.7 Å². The number of nitro groups is 1. The lowest BCUT2D eigenvalue weighted by Crippen LogP contribution is -2.16. The van der Waals surface area contributed by atoms with Crippen LogP contribution in [0.3, 0.4) is 0 Å². The molecular formula is C16H16N2O2. The van der Waals surface area contributed by atoms with Gasteiger partial charge >= 0.3 is 0 Å². The fourth-order valence-corrected chi connectivity index (χ4v) is 1.95. The number of benzene rings is 2. The average Bonchev–Trinajstić information content (AvgIpc) is 2.48. The van der Waals surface area contributed by atoms with Crippen LogP contribution in [0.4, 0.5) is 11.4 Å². The summed E-state index contributed by atoms with van der Waals surface area (Å²) in [6, 6.07) is 14.7. The molecule has 0 spiro atoms. The Hall–Kier alpha value is -2.62. The molecule has 4 nitrogen and oxygen atoms in total. The van der Waals surface area contributed by atoms with Crippen molar-refractivity contribution < 1.29 is 4.92 Å². The number of rotatable bonds is 5. The van der Waals surface area contributed by atoms with Gasteiger partial charge in [-0.1, -0.05) is 36.9 Å². The minimum Gasteiger partial charge on any atom is -0.370 e. The van der Waals surface area contributed by atoms with Crippen molar-refractivity contribution in [1.29, 1.82) is 0 Å². The van der Waals surface area contributed by atoms with Gasteiger partial charge in [-0.05, 0) is 23.3 Å². The van der Waals surface area contributed by atoms with Crippen LogP contribution in [0.5, 0.6) is 0 Å². The second kappa shape index (κ2) is 6.02. The zero-order valence-electron chi connectivity index (χ0n) is 11.3. The summed E-state index contributed by atoms with van der Waals surface area (Å²) >= 11 is 0. The molecule has 0 aromatic heterocycles. The smallest absolute Gasteiger partial charge is 0.269 e. The monoisotopic (exact) mass is 268 g/mol. The van der Waals surface area contributed by atoms with Crippen molar-refractivity contribution >= 4 is 17.5 Å². The summed E-state index contributed by atoms with van der Waals surface area (Å²) in [6.45, 7) is 4.47. The Balaban J connectivity index is 2.08. The maximum Gasteiger partial charge on any atom is 0.269 e. The van der Waals surface area contributed by atoms with Crippen molar-refractivity contribution in [2.45, 2.75) is 6.54 Å². The van der Waals surface area contributed by atoms with Gasteiger partial charge in [-0.2, -0.15) is 0 Å². The summed E-state index contributed by atoms with van der Waals surface area (Å²) in [5.74, 6) is 0. The number of non-ortho nitro benzene ring substituents is 1. The summed E-state index contributed by atoms with van der Waals surface area (Å²) in [7, 11) is 1.96. The van der Waals surface area contributed by atoms with Gasteiger partial charge < -0.3 is 4.90 Å². The predicted molar refractivity (Wildman–Crippen MR) is 81.7 cm³/mol. The molecule has 0 saturated heterocycles. The molecule has 0 unspecified atom stereocenters. The van der Waals surface area contributed by atoms with Crippen LogP contribution in [-0.4, -0.2) is 12.0 Å². The molecule has 2 aromatic carbocycles. The molecule has 0 bridgehead atoms. The number of hydrogen-bond acceptors (Lipinski definition) is 3. The van der Waals surface area contributed by atoms with E-state index in [4.69, 9.17) is 0 Å². The Morgan fingerprint density at radius 3 is 2.25 bits per heavy atom. The molecule has 2 aromatic rings. The van der Waals surface area contributed by atoms with Crippen molar-refractivity contribution in [2.24, 2.45) is 0 Å². The Labute approximate surface area is 118 Å². The van der Waals surface area contributed by atoms with Crippen LogP contribution in [0.15, 0.2) is 55.1 Å². The first-order valence-electron chi connectivity index (χ1n) is 6.27. The van der Waals surface area contributed by atoms with Gasteiger partial charge in [0.2, 0.25) is 0 Å². The molecule has 0 radical (unpaired) electrons. The summed E-state index contributed by atoms with van der Waals surface area (Å²) in [5, 5.41) is 10.6. The third-order valence-electron chi connectivity index (χ3n) is 3.14. The highest BCUT2D eigenvalue weighted by Gasteiger charge is 2.07. The molecule has 0 N–H and O–H groups in total. The number of anilines is 1. The van der Waals surface area contributed by atoms with Gasteiger partial charge in [0.05, 0.1) is 4.92 Å². The van der Waals surface area contributed by atoms with Crippen molar-refractivity contribution in [3.63, 3.8) is 0 Å². The minimum atomic E-state index is -0.391. The Morgan fingerprint density at radius 2 is 1.75 bits per heavy atom. The van der Waals surface area contributed by atoms with Crippen LogP contribution < -0.4 is 4.90 Å². The van der Waals surface area contributed by atoms with E-state index in [1.54, 1.807) is 12.1 Å². The molecule has 4 heteroatoms. The summed E-state index contributed by atoms with van der Waals surface area (Å²) in [4.78, 5) is 12.3. The van der Waals surface area contributed by atoms with Crippen LogP contribution >= 0.6 is 0 Å². The first kappa shape index (κ1) is 13.8. The molecule has 0 aliphatic rings. The van der Waals surface area contributed by atoms with E-state index < -0.39 is 4.92 Å².